The largest absolute Gasteiger partial charge is 0.330 e. The fourth-order valence-corrected chi connectivity index (χ4v) is 0. The molecule has 0 fully saturated rings. The van der Waals surface area contributed by atoms with E-state index in [0.717, 1.165) is 6.54 Å². The molecule has 0 rings (SSSR count). The maximum atomic E-state index is 5.31. The van der Waals surface area contributed by atoms with Gasteiger partial charge in [0.1, 0.15) is 0 Å². The number of hydrogen-bond donors (Lipinski definition) is 1. The molecule has 0 unspecified atom stereocenters. The van der Waals surface area contributed by atoms with Crippen LogP contribution in [0.5, 0.6) is 0 Å². The molecule has 0 amide bonds. The monoisotopic (exact) mass is 159 g/mol. The van der Waals surface area contributed by atoms with E-state index in [2.05, 4.69) is 20.8 Å². The summed E-state index contributed by atoms with van der Waals surface area (Å²) in [5.74, 6) is 0. The van der Waals surface area contributed by atoms with Crippen LogP contribution in [0.1, 0.15) is 20.8 Å². The first-order valence-electron chi connectivity index (χ1n) is 2.26. The second-order valence-electron chi connectivity index (χ2n) is 2.76. The third-order valence-corrected chi connectivity index (χ3v) is 0.612. The lowest BCUT2D eigenvalue weighted by molar-refractivity contribution is 0.428. The summed E-state index contributed by atoms with van der Waals surface area (Å²) in [5.41, 5.74) is 5.62. The molecule has 0 aliphatic carbocycles. The summed E-state index contributed by atoms with van der Waals surface area (Å²) < 4.78 is 0. The van der Waals surface area contributed by atoms with Crippen molar-refractivity contribution in [3.05, 3.63) is 0 Å². The van der Waals surface area contributed by atoms with Crippen LogP contribution in [0.2, 0.25) is 0 Å². The summed E-state index contributed by atoms with van der Waals surface area (Å²) in [5, 5.41) is 0. The van der Waals surface area contributed by atoms with Gasteiger partial charge in [0, 0.05) is 0 Å². The Labute approximate surface area is 63.8 Å². The summed E-state index contributed by atoms with van der Waals surface area (Å²) in [4.78, 5) is 0. The van der Waals surface area contributed by atoms with Gasteiger partial charge in [0.05, 0.1) is 0 Å². The molecule has 54 valence electrons. The van der Waals surface area contributed by atoms with Gasteiger partial charge in [-0.1, -0.05) is 20.8 Å². The molecule has 2 N–H and O–H groups in total. The quantitative estimate of drug-likeness (QED) is 0.574. The predicted molar refractivity (Wildman–Crippen MR) is 43.0 cm³/mol. The molecule has 0 saturated heterocycles. The highest BCUT2D eigenvalue weighted by Crippen LogP contribution is 2.07. The van der Waals surface area contributed by atoms with E-state index in [1.807, 2.05) is 0 Å². The van der Waals surface area contributed by atoms with Gasteiger partial charge < -0.3 is 5.73 Å². The van der Waals surface area contributed by atoms with Gasteiger partial charge in [0.2, 0.25) is 0 Å². The van der Waals surface area contributed by atoms with E-state index in [1.54, 1.807) is 0 Å². The first kappa shape index (κ1) is 15.8. The number of hydrogen-bond acceptors (Lipinski definition) is 1. The van der Waals surface area contributed by atoms with Crippen molar-refractivity contribution in [2.75, 3.05) is 6.54 Å². The van der Waals surface area contributed by atoms with Gasteiger partial charge in [-0.2, -0.15) is 0 Å². The minimum atomic E-state index is 0. The molecular formula is C5H15Cl2N. The van der Waals surface area contributed by atoms with Crippen molar-refractivity contribution in [1.82, 2.24) is 0 Å². The normalized spacial score (nSPS) is 9.00. The summed E-state index contributed by atoms with van der Waals surface area (Å²) >= 11 is 0. The smallest absolute Gasteiger partial charge is 0.00285 e. The molecule has 0 radical (unpaired) electrons. The van der Waals surface area contributed by atoms with E-state index >= 15 is 0 Å². The molecule has 8 heavy (non-hydrogen) atoms. The second-order valence-corrected chi connectivity index (χ2v) is 2.76. The lowest BCUT2D eigenvalue weighted by Crippen LogP contribution is -2.18. The zero-order valence-corrected chi connectivity index (χ0v) is 7.23. The van der Waals surface area contributed by atoms with Crippen molar-refractivity contribution in [2.45, 2.75) is 20.8 Å². The first-order chi connectivity index (χ1) is 2.56. The van der Waals surface area contributed by atoms with Crippen LogP contribution in [0.25, 0.3) is 0 Å². The van der Waals surface area contributed by atoms with Crippen molar-refractivity contribution in [2.24, 2.45) is 11.1 Å². The maximum Gasteiger partial charge on any atom is -0.00285 e. The Morgan fingerprint density at radius 3 is 1.25 bits per heavy atom. The van der Waals surface area contributed by atoms with Crippen LogP contribution < -0.4 is 5.73 Å². The van der Waals surface area contributed by atoms with Gasteiger partial charge in [-0.3, -0.25) is 0 Å². The minimum Gasteiger partial charge on any atom is -0.330 e. The molecule has 0 aromatic rings. The van der Waals surface area contributed by atoms with Crippen molar-refractivity contribution in [1.29, 1.82) is 0 Å². The number of halogens is 2. The van der Waals surface area contributed by atoms with E-state index in [0.29, 0.717) is 5.41 Å². The molecule has 3 heteroatoms. The molecule has 0 atom stereocenters. The number of nitrogens with two attached hydrogens (primary N) is 1. The molecule has 0 aliphatic rings. The van der Waals surface area contributed by atoms with Gasteiger partial charge in [-0.25, -0.2) is 0 Å². The van der Waals surface area contributed by atoms with Gasteiger partial charge >= 0.3 is 0 Å². The molecule has 0 bridgehead atoms. The van der Waals surface area contributed by atoms with Gasteiger partial charge in [-0.15, -0.1) is 24.8 Å². The molecule has 0 spiro atoms. The van der Waals surface area contributed by atoms with E-state index in [-0.39, 0.29) is 24.8 Å². The molecule has 0 aromatic carbocycles. The lowest BCUT2D eigenvalue weighted by atomic mass is 9.98. The van der Waals surface area contributed by atoms with Crippen LogP contribution in [0, 0.1) is 5.41 Å². The summed E-state index contributed by atoms with van der Waals surface area (Å²) in [7, 11) is 0. The fourth-order valence-electron chi connectivity index (χ4n) is 0. The molecular weight excluding hydrogens is 145 g/mol. The Morgan fingerprint density at radius 1 is 1.12 bits per heavy atom. The molecule has 0 aliphatic heterocycles. The number of rotatable bonds is 0. The van der Waals surface area contributed by atoms with E-state index in [1.165, 1.54) is 0 Å². The molecule has 0 aromatic heterocycles. The minimum absolute atomic E-state index is 0. The molecule has 0 heterocycles. The second kappa shape index (κ2) is 5.67. The first-order valence-corrected chi connectivity index (χ1v) is 2.26. The summed E-state index contributed by atoms with van der Waals surface area (Å²) in [6.07, 6.45) is 0. The van der Waals surface area contributed by atoms with Crippen molar-refractivity contribution >= 4 is 24.8 Å². The Balaban J connectivity index is -0.000000125. The maximum absolute atomic E-state index is 5.31. The highest BCUT2D eigenvalue weighted by Gasteiger charge is 2.03. The van der Waals surface area contributed by atoms with Crippen molar-refractivity contribution in [3.8, 4) is 0 Å². The van der Waals surface area contributed by atoms with Crippen LogP contribution >= 0.6 is 24.8 Å². The Morgan fingerprint density at radius 2 is 1.25 bits per heavy atom. The van der Waals surface area contributed by atoms with Crippen molar-refractivity contribution < 1.29 is 0 Å². The zero-order valence-electron chi connectivity index (χ0n) is 5.60. The Hall–Kier alpha value is 0.540. The third-order valence-electron chi connectivity index (χ3n) is 0.612. The lowest BCUT2D eigenvalue weighted by Gasteiger charge is -2.12. The van der Waals surface area contributed by atoms with Crippen molar-refractivity contribution in [3.63, 3.8) is 0 Å². The van der Waals surface area contributed by atoms with E-state index in [4.69, 9.17) is 5.73 Å². The van der Waals surface area contributed by atoms with Crippen LogP contribution in [0.15, 0.2) is 0 Å². The van der Waals surface area contributed by atoms with Crippen LogP contribution in [-0.4, -0.2) is 6.54 Å². The fraction of sp³-hybridized carbons (Fsp3) is 1.00. The molecule has 0 saturated carbocycles. The summed E-state index contributed by atoms with van der Waals surface area (Å²) in [6.45, 7) is 7.12. The summed E-state index contributed by atoms with van der Waals surface area (Å²) in [6, 6.07) is 0. The zero-order chi connectivity index (χ0) is 5.21. The van der Waals surface area contributed by atoms with E-state index < -0.39 is 0 Å². The van der Waals surface area contributed by atoms with Gasteiger partial charge in [0.25, 0.3) is 0 Å². The van der Waals surface area contributed by atoms with Gasteiger partial charge in [0.15, 0.2) is 0 Å². The highest BCUT2D eigenvalue weighted by atomic mass is 35.5. The van der Waals surface area contributed by atoms with Crippen LogP contribution in [0.3, 0.4) is 0 Å². The predicted octanol–water partition coefficient (Wildman–Crippen LogP) is 1.83. The SMILES string of the molecule is CC(C)(C)CN.Cl.Cl. The Kier molecular flexibility index (Phi) is 11.2. The third kappa shape index (κ3) is 16.0. The van der Waals surface area contributed by atoms with Gasteiger partial charge in [-0.05, 0) is 12.0 Å². The topological polar surface area (TPSA) is 26.0 Å². The molecule has 1 nitrogen and oxygen atoms in total. The Bertz CT molecular complexity index is 40.2. The van der Waals surface area contributed by atoms with Crippen LogP contribution in [-0.2, 0) is 0 Å². The van der Waals surface area contributed by atoms with E-state index in [9.17, 15) is 0 Å². The average Bonchev–Trinajstić information content (AvgIpc) is 1.35. The average molecular weight is 160 g/mol. The standard InChI is InChI=1S/C5H13N.2ClH/c1-5(2,3)4-6;;/h4,6H2,1-3H3;2*1H. The van der Waals surface area contributed by atoms with Crippen LogP contribution in [0.4, 0.5) is 0 Å². The highest BCUT2D eigenvalue weighted by molar-refractivity contribution is 5.85.